The van der Waals surface area contributed by atoms with Crippen LogP contribution in [-0.4, -0.2) is 69.6 Å². The van der Waals surface area contributed by atoms with E-state index in [0.717, 1.165) is 5.56 Å². The third-order valence-corrected chi connectivity index (χ3v) is 5.84. The maximum atomic E-state index is 13.0. The average molecular weight is 480 g/mol. The van der Waals surface area contributed by atoms with Crippen LogP contribution in [0.3, 0.4) is 0 Å². The Balaban J connectivity index is 1.34. The van der Waals surface area contributed by atoms with E-state index < -0.39 is 6.09 Å². The zero-order chi connectivity index (χ0) is 24.9. The lowest BCUT2D eigenvalue weighted by Gasteiger charge is -2.38. The van der Waals surface area contributed by atoms with Crippen LogP contribution in [-0.2, 0) is 6.54 Å². The summed E-state index contributed by atoms with van der Waals surface area (Å²) < 4.78 is 18.6. The maximum absolute atomic E-state index is 13.0. The predicted octanol–water partition coefficient (Wildman–Crippen LogP) is 3.87. The van der Waals surface area contributed by atoms with Crippen molar-refractivity contribution >= 4 is 17.8 Å². The highest BCUT2D eigenvalue weighted by Crippen LogP contribution is 2.21. The van der Waals surface area contributed by atoms with Crippen molar-refractivity contribution in [1.29, 1.82) is 0 Å². The molecule has 1 aliphatic rings. The summed E-state index contributed by atoms with van der Waals surface area (Å²) in [5, 5.41) is 9.22. The summed E-state index contributed by atoms with van der Waals surface area (Å²) in [7, 11) is 1.64. The second-order valence-corrected chi connectivity index (χ2v) is 8.39. The zero-order valence-corrected chi connectivity index (χ0v) is 19.5. The molecule has 35 heavy (non-hydrogen) atoms. The van der Waals surface area contributed by atoms with Gasteiger partial charge in [-0.2, -0.15) is 0 Å². The Labute approximate surface area is 202 Å². The number of halogens is 1. The molecule has 1 aromatic carbocycles. The van der Waals surface area contributed by atoms with E-state index in [2.05, 4.69) is 14.9 Å². The minimum Gasteiger partial charge on any atom is -0.465 e. The zero-order valence-electron chi connectivity index (χ0n) is 19.5. The fraction of sp³-hybridized carbons (Fsp3) is 0.280. The first-order chi connectivity index (χ1) is 16.8. The van der Waals surface area contributed by atoms with E-state index in [1.165, 1.54) is 40.3 Å². The molecule has 0 aliphatic carbocycles. The Morgan fingerprint density at radius 1 is 1.09 bits per heavy atom. The summed E-state index contributed by atoms with van der Waals surface area (Å²) in [6.07, 6.45) is 2.26. The summed E-state index contributed by atoms with van der Waals surface area (Å²) >= 11 is 0. The first-order valence-corrected chi connectivity index (χ1v) is 11.1. The third kappa shape index (κ3) is 5.90. The number of carbonyl (C=O) groups excluding carboxylic acids is 1. The molecule has 3 aromatic rings. The molecule has 2 amide bonds. The van der Waals surface area contributed by atoms with Crippen molar-refractivity contribution in [3.05, 3.63) is 77.9 Å². The van der Waals surface area contributed by atoms with E-state index in [4.69, 9.17) is 4.74 Å². The van der Waals surface area contributed by atoms with Crippen molar-refractivity contribution < 1.29 is 23.8 Å². The lowest BCUT2D eigenvalue weighted by molar-refractivity contribution is 0.0710. The van der Waals surface area contributed by atoms with Crippen LogP contribution in [0.25, 0.3) is 0 Å². The Bertz CT molecular complexity index is 1170. The molecule has 0 bridgehead atoms. The molecular formula is C25H26FN5O4. The highest BCUT2D eigenvalue weighted by atomic mass is 19.1. The van der Waals surface area contributed by atoms with Crippen LogP contribution in [0.5, 0.6) is 11.6 Å². The summed E-state index contributed by atoms with van der Waals surface area (Å²) in [5.74, 6) is 0.595. The van der Waals surface area contributed by atoms with Crippen LogP contribution in [0.15, 0.2) is 60.9 Å². The van der Waals surface area contributed by atoms with Gasteiger partial charge in [0.2, 0.25) is 5.88 Å². The minimum atomic E-state index is -0.888. The van der Waals surface area contributed by atoms with E-state index in [1.54, 1.807) is 31.4 Å². The highest BCUT2D eigenvalue weighted by molar-refractivity contribution is 6.05. The van der Waals surface area contributed by atoms with Crippen molar-refractivity contribution in [2.75, 3.05) is 31.6 Å². The SMILES string of the molecule is C[C@H]1CN(Cc2ccc(N(C)C(=O)c3ccc(Oc4ccc(F)cc4)nc3)nc2)CCN1C(=O)O. The molecule has 1 N–H and O–H groups in total. The molecule has 1 aliphatic heterocycles. The van der Waals surface area contributed by atoms with Gasteiger partial charge in [0.25, 0.3) is 5.91 Å². The molecule has 1 atom stereocenters. The van der Waals surface area contributed by atoms with Crippen LogP contribution < -0.4 is 9.64 Å². The van der Waals surface area contributed by atoms with Gasteiger partial charge in [0.05, 0.1) is 5.56 Å². The molecule has 4 rings (SSSR count). The molecule has 182 valence electrons. The van der Waals surface area contributed by atoms with E-state index in [1.807, 2.05) is 13.0 Å². The van der Waals surface area contributed by atoms with Crippen molar-refractivity contribution in [2.45, 2.75) is 19.5 Å². The lowest BCUT2D eigenvalue weighted by atomic mass is 10.1. The largest absolute Gasteiger partial charge is 0.465 e. The molecule has 9 nitrogen and oxygen atoms in total. The van der Waals surface area contributed by atoms with E-state index >= 15 is 0 Å². The van der Waals surface area contributed by atoms with Crippen molar-refractivity contribution in [3.8, 4) is 11.6 Å². The first-order valence-electron chi connectivity index (χ1n) is 11.1. The molecule has 2 aromatic heterocycles. The third-order valence-electron chi connectivity index (χ3n) is 5.84. The van der Waals surface area contributed by atoms with Gasteiger partial charge >= 0.3 is 6.09 Å². The van der Waals surface area contributed by atoms with E-state index in [9.17, 15) is 19.1 Å². The number of aromatic nitrogens is 2. The van der Waals surface area contributed by atoms with E-state index in [-0.39, 0.29) is 23.6 Å². The van der Waals surface area contributed by atoms with Crippen LogP contribution in [0.2, 0.25) is 0 Å². The molecule has 10 heteroatoms. The van der Waals surface area contributed by atoms with Crippen molar-refractivity contribution in [3.63, 3.8) is 0 Å². The number of carbonyl (C=O) groups is 2. The topological polar surface area (TPSA) is 99.1 Å². The normalized spacial score (nSPS) is 16.1. The lowest BCUT2D eigenvalue weighted by Crippen LogP contribution is -2.53. The Hall–Kier alpha value is -4.05. The van der Waals surface area contributed by atoms with Crippen LogP contribution >= 0.6 is 0 Å². The van der Waals surface area contributed by atoms with Gasteiger partial charge in [-0.05, 0) is 48.9 Å². The van der Waals surface area contributed by atoms with Gasteiger partial charge in [-0.1, -0.05) is 6.07 Å². The summed E-state index contributed by atoms with van der Waals surface area (Å²) in [4.78, 5) is 37.8. The van der Waals surface area contributed by atoms with Gasteiger partial charge in [0.1, 0.15) is 17.4 Å². The second kappa shape index (κ2) is 10.5. The molecule has 0 saturated carbocycles. The fourth-order valence-electron chi connectivity index (χ4n) is 3.92. The Morgan fingerprint density at radius 3 is 2.46 bits per heavy atom. The van der Waals surface area contributed by atoms with Gasteiger partial charge < -0.3 is 14.7 Å². The average Bonchev–Trinajstić information content (AvgIpc) is 2.85. The highest BCUT2D eigenvalue weighted by Gasteiger charge is 2.27. The number of amides is 2. The number of anilines is 1. The quantitative estimate of drug-likeness (QED) is 0.573. The number of ether oxygens (including phenoxy) is 1. The molecule has 1 saturated heterocycles. The standard InChI is InChI=1S/C25H26FN5O4/c1-17-15-30(11-12-31(17)25(33)34)16-18-3-9-22(27-13-18)29(2)24(32)19-4-10-23(28-14-19)35-21-7-5-20(26)6-8-21/h3-10,13-14,17H,11-12,15-16H2,1-2H3,(H,33,34)/t17-/m0/s1. The van der Waals surface area contributed by atoms with Crippen LogP contribution in [0.1, 0.15) is 22.8 Å². The number of carboxylic acid groups (broad SMARTS) is 1. The number of rotatable bonds is 6. The number of hydrogen-bond donors (Lipinski definition) is 1. The van der Waals surface area contributed by atoms with Gasteiger partial charge in [0, 0.05) is 57.7 Å². The molecule has 0 unspecified atom stereocenters. The van der Waals surface area contributed by atoms with Crippen molar-refractivity contribution in [1.82, 2.24) is 19.8 Å². The first kappa shape index (κ1) is 24.1. The Morgan fingerprint density at radius 2 is 1.86 bits per heavy atom. The predicted molar refractivity (Wildman–Crippen MR) is 127 cm³/mol. The number of hydrogen-bond acceptors (Lipinski definition) is 6. The van der Waals surface area contributed by atoms with Gasteiger partial charge in [0.15, 0.2) is 0 Å². The number of piperazine rings is 1. The maximum Gasteiger partial charge on any atom is 0.407 e. The summed E-state index contributed by atoms with van der Waals surface area (Å²) in [6.45, 7) is 4.34. The van der Waals surface area contributed by atoms with Crippen LogP contribution in [0.4, 0.5) is 15.0 Å². The van der Waals surface area contributed by atoms with E-state index in [0.29, 0.717) is 43.3 Å². The number of benzene rings is 1. The number of nitrogens with zero attached hydrogens (tertiary/aromatic N) is 5. The molecule has 0 radical (unpaired) electrons. The Kier molecular flexibility index (Phi) is 7.21. The molecule has 0 spiro atoms. The van der Waals surface area contributed by atoms with Crippen LogP contribution in [0, 0.1) is 5.82 Å². The monoisotopic (exact) mass is 479 g/mol. The van der Waals surface area contributed by atoms with Gasteiger partial charge in [-0.25, -0.2) is 19.2 Å². The fourth-order valence-corrected chi connectivity index (χ4v) is 3.92. The van der Waals surface area contributed by atoms with Gasteiger partial charge in [-0.3, -0.25) is 14.6 Å². The smallest absolute Gasteiger partial charge is 0.407 e. The summed E-state index contributed by atoms with van der Waals surface area (Å²) in [5.41, 5.74) is 1.35. The molecular weight excluding hydrogens is 453 g/mol. The summed E-state index contributed by atoms with van der Waals surface area (Å²) in [6, 6.07) is 12.4. The van der Waals surface area contributed by atoms with Crippen molar-refractivity contribution in [2.24, 2.45) is 0 Å². The molecule has 1 fully saturated rings. The molecule has 3 heterocycles. The number of pyridine rings is 2. The van der Waals surface area contributed by atoms with Gasteiger partial charge in [-0.15, -0.1) is 0 Å². The minimum absolute atomic E-state index is 0.0710. The second-order valence-electron chi connectivity index (χ2n) is 8.39.